The van der Waals surface area contributed by atoms with Crippen molar-refractivity contribution in [2.24, 2.45) is 0 Å². The van der Waals surface area contributed by atoms with Crippen molar-refractivity contribution < 1.29 is 19.1 Å². The van der Waals surface area contributed by atoms with Gasteiger partial charge >= 0.3 is 11.8 Å². The molecule has 6 heteroatoms. The summed E-state index contributed by atoms with van der Waals surface area (Å²) in [6.07, 6.45) is 0.827. The second kappa shape index (κ2) is 10.7. The predicted octanol–water partition coefficient (Wildman–Crippen LogP) is 2.50. The highest BCUT2D eigenvalue weighted by molar-refractivity contribution is 6.35. The molecule has 0 heterocycles. The molecule has 0 aliphatic carbocycles. The Labute approximate surface area is 150 Å². The SMILES string of the molecule is CCOc1ccc(C)cc1C(C)NC(=O)C(=O)NCCCOC(C)C. The first-order chi connectivity index (χ1) is 11.8. The van der Waals surface area contributed by atoms with Crippen LogP contribution in [0.3, 0.4) is 0 Å². The first-order valence-corrected chi connectivity index (χ1v) is 8.78. The van der Waals surface area contributed by atoms with Crippen molar-refractivity contribution in [2.45, 2.75) is 53.2 Å². The van der Waals surface area contributed by atoms with Gasteiger partial charge < -0.3 is 20.1 Å². The fraction of sp³-hybridized carbons (Fsp3) is 0.579. The number of hydrogen-bond donors (Lipinski definition) is 2. The zero-order chi connectivity index (χ0) is 18.8. The monoisotopic (exact) mass is 350 g/mol. The second-order valence-electron chi connectivity index (χ2n) is 6.20. The number of rotatable bonds is 9. The van der Waals surface area contributed by atoms with Gasteiger partial charge in [-0.2, -0.15) is 0 Å². The molecule has 0 aromatic heterocycles. The number of carbonyl (C=O) groups excluding carboxylic acids is 2. The van der Waals surface area contributed by atoms with Crippen molar-refractivity contribution in [1.29, 1.82) is 0 Å². The van der Waals surface area contributed by atoms with Gasteiger partial charge in [0.15, 0.2) is 0 Å². The lowest BCUT2D eigenvalue weighted by molar-refractivity contribution is -0.139. The van der Waals surface area contributed by atoms with Gasteiger partial charge in [0.2, 0.25) is 0 Å². The molecule has 140 valence electrons. The zero-order valence-corrected chi connectivity index (χ0v) is 15.8. The van der Waals surface area contributed by atoms with E-state index in [0.717, 1.165) is 11.1 Å². The van der Waals surface area contributed by atoms with E-state index in [2.05, 4.69) is 10.6 Å². The van der Waals surface area contributed by atoms with E-state index >= 15 is 0 Å². The van der Waals surface area contributed by atoms with Crippen molar-refractivity contribution in [3.8, 4) is 5.75 Å². The summed E-state index contributed by atoms with van der Waals surface area (Å²) >= 11 is 0. The minimum atomic E-state index is -0.652. The fourth-order valence-electron chi connectivity index (χ4n) is 2.31. The third-order valence-corrected chi connectivity index (χ3v) is 3.54. The number of ether oxygens (including phenoxy) is 2. The Morgan fingerprint density at radius 2 is 1.88 bits per heavy atom. The number of benzene rings is 1. The Bertz CT molecular complexity index is 573. The van der Waals surface area contributed by atoms with Crippen molar-refractivity contribution in [1.82, 2.24) is 10.6 Å². The average Bonchev–Trinajstić information content (AvgIpc) is 2.55. The maximum absolute atomic E-state index is 12.1. The summed E-state index contributed by atoms with van der Waals surface area (Å²) in [7, 11) is 0. The van der Waals surface area contributed by atoms with Crippen LogP contribution >= 0.6 is 0 Å². The minimum Gasteiger partial charge on any atom is -0.494 e. The molecule has 0 spiro atoms. The van der Waals surface area contributed by atoms with Gasteiger partial charge in [-0.05, 0) is 47.1 Å². The maximum Gasteiger partial charge on any atom is 0.309 e. The van der Waals surface area contributed by atoms with Gasteiger partial charge in [-0.3, -0.25) is 9.59 Å². The molecule has 2 amide bonds. The summed E-state index contributed by atoms with van der Waals surface area (Å²) in [5, 5.41) is 5.32. The van der Waals surface area contributed by atoms with Gasteiger partial charge in [0.05, 0.1) is 18.8 Å². The minimum absolute atomic E-state index is 0.161. The number of carbonyl (C=O) groups is 2. The van der Waals surface area contributed by atoms with Gasteiger partial charge in [0, 0.05) is 18.7 Å². The van der Waals surface area contributed by atoms with E-state index in [0.29, 0.717) is 31.9 Å². The van der Waals surface area contributed by atoms with E-state index in [1.54, 1.807) is 0 Å². The van der Waals surface area contributed by atoms with Crippen molar-refractivity contribution in [3.05, 3.63) is 29.3 Å². The van der Waals surface area contributed by atoms with E-state index in [4.69, 9.17) is 9.47 Å². The van der Waals surface area contributed by atoms with Crippen LogP contribution in [-0.2, 0) is 14.3 Å². The van der Waals surface area contributed by atoms with Crippen LogP contribution in [0.15, 0.2) is 18.2 Å². The van der Waals surface area contributed by atoms with Gasteiger partial charge in [-0.1, -0.05) is 17.7 Å². The molecule has 1 atom stereocenters. The third kappa shape index (κ3) is 7.56. The molecule has 0 saturated heterocycles. The van der Waals surface area contributed by atoms with Crippen molar-refractivity contribution >= 4 is 11.8 Å². The van der Waals surface area contributed by atoms with Crippen LogP contribution in [0.25, 0.3) is 0 Å². The summed E-state index contributed by atoms with van der Waals surface area (Å²) in [5.41, 5.74) is 1.92. The summed E-state index contributed by atoms with van der Waals surface area (Å²) < 4.78 is 11.0. The normalized spacial score (nSPS) is 11.9. The van der Waals surface area contributed by atoms with Crippen LogP contribution in [0.5, 0.6) is 5.75 Å². The standard InChI is InChI=1S/C19H30N2O4/c1-6-24-17-9-8-14(4)12-16(17)15(5)21-19(23)18(22)20-10-7-11-25-13(2)3/h8-9,12-13,15H,6-7,10-11H2,1-5H3,(H,20,22)(H,21,23). The first kappa shape index (κ1) is 21.0. The number of nitrogens with one attached hydrogen (secondary N) is 2. The Kier molecular flexibility index (Phi) is 8.99. The highest BCUT2D eigenvalue weighted by Crippen LogP contribution is 2.26. The van der Waals surface area contributed by atoms with Crippen molar-refractivity contribution in [3.63, 3.8) is 0 Å². The molecule has 25 heavy (non-hydrogen) atoms. The van der Waals surface area contributed by atoms with Crippen LogP contribution in [0.1, 0.15) is 51.3 Å². The molecule has 0 saturated carbocycles. The summed E-state index contributed by atoms with van der Waals surface area (Å²) in [4.78, 5) is 23.9. The zero-order valence-electron chi connectivity index (χ0n) is 15.8. The quantitative estimate of drug-likeness (QED) is 0.530. The van der Waals surface area contributed by atoms with Gasteiger partial charge in [-0.15, -0.1) is 0 Å². The molecule has 1 aromatic rings. The molecule has 0 radical (unpaired) electrons. The van der Waals surface area contributed by atoms with Crippen molar-refractivity contribution in [2.75, 3.05) is 19.8 Å². The molecule has 0 aliphatic heterocycles. The van der Waals surface area contributed by atoms with Gasteiger partial charge in [-0.25, -0.2) is 0 Å². The van der Waals surface area contributed by atoms with Crippen LogP contribution in [0.2, 0.25) is 0 Å². The Morgan fingerprint density at radius 1 is 1.16 bits per heavy atom. The van der Waals surface area contributed by atoms with Gasteiger partial charge in [0.25, 0.3) is 0 Å². The van der Waals surface area contributed by atoms with Gasteiger partial charge in [0.1, 0.15) is 5.75 Å². The average molecular weight is 350 g/mol. The fourth-order valence-corrected chi connectivity index (χ4v) is 2.31. The summed E-state index contributed by atoms with van der Waals surface area (Å²) in [6.45, 7) is 11.1. The topological polar surface area (TPSA) is 76.7 Å². The second-order valence-corrected chi connectivity index (χ2v) is 6.20. The van der Waals surface area contributed by atoms with E-state index < -0.39 is 11.8 Å². The van der Waals surface area contributed by atoms with E-state index in [-0.39, 0.29) is 12.1 Å². The Balaban J connectivity index is 2.53. The Morgan fingerprint density at radius 3 is 2.52 bits per heavy atom. The van der Waals surface area contributed by atoms with E-state index in [1.165, 1.54) is 0 Å². The highest BCUT2D eigenvalue weighted by Gasteiger charge is 2.19. The maximum atomic E-state index is 12.1. The molecule has 1 rings (SSSR count). The molecular formula is C19H30N2O4. The molecule has 0 bridgehead atoms. The molecule has 1 aromatic carbocycles. The molecule has 2 N–H and O–H groups in total. The smallest absolute Gasteiger partial charge is 0.309 e. The molecule has 6 nitrogen and oxygen atoms in total. The summed E-state index contributed by atoms with van der Waals surface area (Å²) in [6, 6.07) is 5.46. The van der Waals surface area contributed by atoms with Crippen LogP contribution in [-0.4, -0.2) is 37.7 Å². The number of aryl methyl sites for hydroxylation is 1. The third-order valence-electron chi connectivity index (χ3n) is 3.54. The largest absolute Gasteiger partial charge is 0.494 e. The first-order valence-electron chi connectivity index (χ1n) is 8.78. The summed E-state index contributed by atoms with van der Waals surface area (Å²) in [5.74, 6) is -0.574. The number of amides is 2. The molecule has 1 unspecified atom stereocenters. The lowest BCUT2D eigenvalue weighted by Gasteiger charge is -2.18. The molecular weight excluding hydrogens is 320 g/mol. The predicted molar refractivity (Wildman–Crippen MR) is 97.6 cm³/mol. The van der Waals surface area contributed by atoms with E-state index in [9.17, 15) is 9.59 Å². The molecule has 0 aliphatic rings. The highest BCUT2D eigenvalue weighted by atomic mass is 16.5. The molecule has 0 fully saturated rings. The van der Waals surface area contributed by atoms with Crippen LogP contribution in [0.4, 0.5) is 0 Å². The lowest BCUT2D eigenvalue weighted by Crippen LogP contribution is -2.41. The number of hydrogen-bond acceptors (Lipinski definition) is 4. The van der Waals surface area contributed by atoms with Crippen LogP contribution < -0.4 is 15.4 Å². The van der Waals surface area contributed by atoms with E-state index in [1.807, 2.05) is 52.8 Å². The Hall–Kier alpha value is -2.08. The lowest BCUT2D eigenvalue weighted by atomic mass is 10.0. The van der Waals surface area contributed by atoms with Crippen LogP contribution in [0, 0.1) is 6.92 Å².